The van der Waals surface area contributed by atoms with Crippen LogP contribution in [0.4, 0.5) is 10.5 Å². The molecule has 2 aromatic rings. The molecule has 0 bridgehead atoms. The standard InChI is InChI=1S/C16H19N3O4S/c1-10-6-7-13(14(9-10)24(3,22)23)19-16(21)18-11(2)12-5-4-8-17-15(12)20/h4-9,11H,1-3H3,(H,17,20)(H2,18,19,21). The van der Waals surface area contributed by atoms with E-state index in [1.54, 1.807) is 32.0 Å². The molecule has 0 saturated heterocycles. The maximum absolute atomic E-state index is 12.1. The highest BCUT2D eigenvalue weighted by Gasteiger charge is 2.17. The number of carbonyl (C=O) groups is 1. The molecule has 0 saturated carbocycles. The number of hydrogen-bond acceptors (Lipinski definition) is 4. The maximum Gasteiger partial charge on any atom is 0.319 e. The van der Waals surface area contributed by atoms with Gasteiger partial charge in [-0.3, -0.25) is 4.79 Å². The molecule has 8 heteroatoms. The number of sulfone groups is 1. The van der Waals surface area contributed by atoms with Crippen LogP contribution in [0, 0.1) is 6.92 Å². The van der Waals surface area contributed by atoms with E-state index in [4.69, 9.17) is 0 Å². The van der Waals surface area contributed by atoms with Crippen molar-refractivity contribution in [1.82, 2.24) is 10.3 Å². The van der Waals surface area contributed by atoms with E-state index < -0.39 is 21.9 Å². The van der Waals surface area contributed by atoms with Gasteiger partial charge in [-0.1, -0.05) is 12.1 Å². The highest BCUT2D eigenvalue weighted by Crippen LogP contribution is 2.22. The Labute approximate surface area is 140 Å². The molecule has 1 unspecified atom stereocenters. The van der Waals surface area contributed by atoms with E-state index in [9.17, 15) is 18.0 Å². The highest BCUT2D eigenvalue weighted by atomic mass is 32.2. The van der Waals surface area contributed by atoms with Crippen molar-refractivity contribution in [2.75, 3.05) is 11.6 Å². The second kappa shape index (κ2) is 6.88. The van der Waals surface area contributed by atoms with Gasteiger partial charge in [-0.2, -0.15) is 0 Å². The number of anilines is 1. The van der Waals surface area contributed by atoms with Gasteiger partial charge in [-0.15, -0.1) is 0 Å². The minimum atomic E-state index is -3.49. The molecular weight excluding hydrogens is 330 g/mol. The number of aromatic nitrogens is 1. The number of rotatable bonds is 4. The lowest BCUT2D eigenvalue weighted by Crippen LogP contribution is -2.34. The van der Waals surface area contributed by atoms with Crippen LogP contribution in [0.25, 0.3) is 0 Å². The fraction of sp³-hybridized carbons (Fsp3) is 0.250. The van der Waals surface area contributed by atoms with E-state index >= 15 is 0 Å². The first-order valence-electron chi connectivity index (χ1n) is 7.24. The number of aromatic amines is 1. The van der Waals surface area contributed by atoms with Crippen molar-refractivity contribution >= 4 is 21.6 Å². The van der Waals surface area contributed by atoms with E-state index in [2.05, 4.69) is 15.6 Å². The van der Waals surface area contributed by atoms with Gasteiger partial charge in [0.15, 0.2) is 9.84 Å². The molecule has 2 rings (SSSR count). The number of urea groups is 1. The summed E-state index contributed by atoms with van der Waals surface area (Å²) in [5.41, 5.74) is 1.07. The molecule has 1 heterocycles. The van der Waals surface area contributed by atoms with Crippen molar-refractivity contribution in [3.63, 3.8) is 0 Å². The second-order valence-electron chi connectivity index (χ2n) is 5.55. The Kier molecular flexibility index (Phi) is 5.08. The Balaban J connectivity index is 2.19. The molecule has 0 aliphatic heterocycles. The molecular formula is C16H19N3O4S. The zero-order valence-electron chi connectivity index (χ0n) is 13.6. The van der Waals surface area contributed by atoms with Crippen LogP contribution in [-0.2, 0) is 9.84 Å². The Morgan fingerprint density at radius 3 is 2.58 bits per heavy atom. The number of hydrogen-bond donors (Lipinski definition) is 3. The zero-order chi connectivity index (χ0) is 17.9. The molecule has 0 aliphatic rings. The third-order valence-corrected chi connectivity index (χ3v) is 4.58. The Morgan fingerprint density at radius 1 is 1.25 bits per heavy atom. The summed E-state index contributed by atoms with van der Waals surface area (Å²) in [6.07, 6.45) is 2.58. The largest absolute Gasteiger partial charge is 0.331 e. The minimum absolute atomic E-state index is 0.0443. The van der Waals surface area contributed by atoms with Crippen molar-refractivity contribution in [2.45, 2.75) is 24.8 Å². The quantitative estimate of drug-likeness (QED) is 0.784. The predicted molar refractivity (Wildman–Crippen MR) is 91.9 cm³/mol. The number of benzene rings is 1. The van der Waals surface area contributed by atoms with Gasteiger partial charge in [-0.05, 0) is 37.6 Å². The lowest BCUT2D eigenvalue weighted by atomic mass is 10.1. The summed E-state index contributed by atoms with van der Waals surface area (Å²) in [5.74, 6) is 0. The van der Waals surface area contributed by atoms with E-state index in [0.717, 1.165) is 11.8 Å². The summed E-state index contributed by atoms with van der Waals surface area (Å²) in [4.78, 5) is 26.4. The molecule has 1 atom stereocenters. The Morgan fingerprint density at radius 2 is 1.96 bits per heavy atom. The highest BCUT2D eigenvalue weighted by molar-refractivity contribution is 7.90. The van der Waals surface area contributed by atoms with Gasteiger partial charge in [0.05, 0.1) is 16.6 Å². The summed E-state index contributed by atoms with van der Waals surface area (Å²) in [6.45, 7) is 3.43. The fourth-order valence-corrected chi connectivity index (χ4v) is 3.17. The number of pyridine rings is 1. The van der Waals surface area contributed by atoms with Gasteiger partial charge in [0.1, 0.15) is 0 Å². The van der Waals surface area contributed by atoms with Gasteiger partial charge in [0.25, 0.3) is 5.56 Å². The number of H-pyrrole nitrogens is 1. The molecule has 7 nitrogen and oxygen atoms in total. The smallest absolute Gasteiger partial charge is 0.319 e. The third-order valence-electron chi connectivity index (χ3n) is 3.45. The summed E-state index contributed by atoms with van der Waals surface area (Å²) < 4.78 is 23.7. The lowest BCUT2D eigenvalue weighted by Gasteiger charge is -2.16. The van der Waals surface area contributed by atoms with Crippen LogP contribution in [0.15, 0.2) is 46.2 Å². The first-order chi connectivity index (χ1) is 11.2. The Hall–Kier alpha value is -2.61. The zero-order valence-corrected chi connectivity index (χ0v) is 14.4. The van der Waals surface area contributed by atoms with Crippen LogP contribution in [0.5, 0.6) is 0 Å². The van der Waals surface area contributed by atoms with E-state index in [-0.39, 0.29) is 16.1 Å². The van der Waals surface area contributed by atoms with Crippen LogP contribution in [-0.4, -0.2) is 25.7 Å². The van der Waals surface area contributed by atoms with Crippen molar-refractivity contribution < 1.29 is 13.2 Å². The van der Waals surface area contributed by atoms with Crippen LogP contribution >= 0.6 is 0 Å². The van der Waals surface area contributed by atoms with Crippen molar-refractivity contribution in [3.05, 3.63) is 58.0 Å². The molecule has 0 aliphatic carbocycles. The Bertz CT molecular complexity index is 919. The van der Waals surface area contributed by atoms with E-state index in [1.807, 2.05) is 0 Å². The SMILES string of the molecule is Cc1ccc(NC(=O)NC(C)c2ccc[nH]c2=O)c(S(C)(=O)=O)c1. The van der Waals surface area contributed by atoms with E-state index in [0.29, 0.717) is 5.56 Å². The van der Waals surface area contributed by atoms with Gasteiger partial charge in [0.2, 0.25) is 0 Å². The number of nitrogens with one attached hydrogen (secondary N) is 3. The monoisotopic (exact) mass is 349 g/mol. The molecule has 1 aromatic carbocycles. The summed E-state index contributed by atoms with van der Waals surface area (Å²) >= 11 is 0. The fourth-order valence-electron chi connectivity index (χ4n) is 2.25. The number of carbonyl (C=O) groups excluding carboxylic acids is 1. The van der Waals surface area contributed by atoms with Gasteiger partial charge < -0.3 is 15.6 Å². The number of aryl methyl sites for hydroxylation is 1. The van der Waals surface area contributed by atoms with Gasteiger partial charge >= 0.3 is 6.03 Å². The topological polar surface area (TPSA) is 108 Å². The first kappa shape index (κ1) is 17.7. The van der Waals surface area contributed by atoms with Gasteiger partial charge in [0, 0.05) is 18.0 Å². The summed E-state index contributed by atoms with van der Waals surface area (Å²) in [5, 5.41) is 5.14. The number of amides is 2. The van der Waals surface area contributed by atoms with Crippen LogP contribution < -0.4 is 16.2 Å². The molecule has 1 aromatic heterocycles. The predicted octanol–water partition coefficient (Wildman–Crippen LogP) is 1.97. The first-order valence-corrected chi connectivity index (χ1v) is 9.13. The van der Waals surface area contributed by atoms with Crippen LogP contribution in [0.1, 0.15) is 24.1 Å². The average Bonchev–Trinajstić information content (AvgIpc) is 2.48. The molecule has 128 valence electrons. The maximum atomic E-state index is 12.1. The molecule has 0 radical (unpaired) electrons. The molecule has 24 heavy (non-hydrogen) atoms. The van der Waals surface area contributed by atoms with Crippen LogP contribution in [0.3, 0.4) is 0 Å². The van der Waals surface area contributed by atoms with Crippen molar-refractivity contribution in [3.8, 4) is 0 Å². The summed E-state index contributed by atoms with van der Waals surface area (Å²) in [7, 11) is -3.49. The minimum Gasteiger partial charge on any atom is -0.331 e. The van der Waals surface area contributed by atoms with Crippen molar-refractivity contribution in [1.29, 1.82) is 0 Å². The average molecular weight is 349 g/mol. The van der Waals surface area contributed by atoms with Crippen molar-refractivity contribution in [2.24, 2.45) is 0 Å². The summed E-state index contributed by atoms with van der Waals surface area (Å²) in [6, 6.07) is 6.87. The third kappa shape index (κ3) is 4.23. The molecule has 0 spiro atoms. The van der Waals surface area contributed by atoms with Gasteiger partial charge in [-0.25, -0.2) is 13.2 Å². The van der Waals surface area contributed by atoms with E-state index in [1.165, 1.54) is 18.3 Å². The second-order valence-corrected chi connectivity index (χ2v) is 7.53. The lowest BCUT2D eigenvalue weighted by molar-refractivity contribution is 0.249. The van der Waals surface area contributed by atoms with Crippen LogP contribution in [0.2, 0.25) is 0 Å². The normalized spacial score (nSPS) is 12.5. The molecule has 3 N–H and O–H groups in total. The molecule has 0 fully saturated rings. The molecule has 2 amide bonds.